The first-order valence-electron chi connectivity index (χ1n) is 9.85. The molecule has 1 aromatic carbocycles. The lowest BCUT2D eigenvalue weighted by atomic mass is 9.83. The van der Waals surface area contributed by atoms with Gasteiger partial charge in [0.05, 0.1) is 6.04 Å². The molecule has 0 amide bonds. The highest BCUT2D eigenvalue weighted by Crippen LogP contribution is 2.40. The summed E-state index contributed by atoms with van der Waals surface area (Å²) >= 11 is 0. The Labute approximate surface area is 163 Å². The molecule has 1 saturated carbocycles. The van der Waals surface area contributed by atoms with E-state index in [-0.39, 0.29) is 11.9 Å². The Balaban J connectivity index is 1.93. The molecule has 0 spiro atoms. The third-order valence-corrected chi connectivity index (χ3v) is 5.67. The molecule has 1 unspecified atom stereocenters. The first-order chi connectivity index (χ1) is 13.0. The van der Waals surface area contributed by atoms with Gasteiger partial charge in [-0.25, -0.2) is 4.39 Å². The maximum absolute atomic E-state index is 13.6. The van der Waals surface area contributed by atoms with Gasteiger partial charge >= 0.3 is 0 Å². The third kappa shape index (κ3) is 6.47. The highest BCUT2D eigenvalue weighted by molar-refractivity contribution is 5.79. The van der Waals surface area contributed by atoms with Crippen molar-refractivity contribution in [2.45, 2.75) is 38.1 Å². The minimum Gasteiger partial charge on any atom is -0.385 e. The fraction of sp³-hybridized carbons (Fsp3) is 0.667. The number of halogens is 1. The summed E-state index contributed by atoms with van der Waals surface area (Å²) in [4.78, 5) is 6.46. The minimum absolute atomic E-state index is 0.0631. The minimum atomic E-state index is -0.205. The molecule has 2 N–H and O–H groups in total. The van der Waals surface area contributed by atoms with Crippen LogP contribution in [-0.4, -0.2) is 58.8 Å². The van der Waals surface area contributed by atoms with E-state index in [1.807, 2.05) is 20.2 Å². The highest BCUT2D eigenvalue weighted by Gasteiger charge is 2.33. The van der Waals surface area contributed by atoms with Gasteiger partial charge in [-0.1, -0.05) is 25.0 Å². The van der Waals surface area contributed by atoms with Gasteiger partial charge in [-0.2, -0.15) is 0 Å². The van der Waals surface area contributed by atoms with Crippen molar-refractivity contribution < 1.29 is 9.13 Å². The largest absolute Gasteiger partial charge is 0.385 e. The topological polar surface area (TPSA) is 48.9 Å². The molecule has 1 atom stereocenters. The molecule has 1 aliphatic carbocycles. The number of ether oxygens (including phenoxy) is 1. The maximum Gasteiger partial charge on any atom is 0.191 e. The molecule has 0 aliphatic heterocycles. The first kappa shape index (κ1) is 21.6. The average molecular weight is 379 g/mol. The summed E-state index contributed by atoms with van der Waals surface area (Å²) in [6.45, 7) is 2.36. The SMILES string of the molecule is CN=C(NCC(c1cccc(F)c1)N(C)C)NCC1(CCOC)CCCC1. The van der Waals surface area contributed by atoms with E-state index in [9.17, 15) is 4.39 Å². The van der Waals surface area contributed by atoms with E-state index in [0.717, 1.165) is 31.1 Å². The van der Waals surface area contributed by atoms with Gasteiger partial charge in [0.15, 0.2) is 5.96 Å². The molecule has 1 fully saturated rings. The van der Waals surface area contributed by atoms with Crippen LogP contribution in [0.4, 0.5) is 4.39 Å². The summed E-state index contributed by atoms with van der Waals surface area (Å²) in [7, 11) is 7.57. The van der Waals surface area contributed by atoms with Crippen molar-refractivity contribution in [1.29, 1.82) is 0 Å². The van der Waals surface area contributed by atoms with Gasteiger partial charge in [0, 0.05) is 33.9 Å². The third-order valence-electron chi connectivity index (χ3n) is 5.67. The van der Waals surface area contributed by atoms with Crippen molar-refractivity contribution in [3.05, 3.63) is 35.6 Å². The van der Waals surface area contributed by atoms with Crippen molar-refractivity contribution in [2.75, 3.05) is 47.9 Å². The monoisotopic (exact) mass is 378 g/mol. The number of guanidine groups is 1. The number of rotatable bonds is 9. The van der Waals surface area contributed by atoms with Crippen molar-refractivity contribution in [1.82, 2.24) is 15.5 Å². The van der Waals surface area contributed by atoms with Crippen molar-refractivity contribution in [3.63, 3.8) is 0 Å². The summed E-state index contributed by atoms with van der Waals surface area (Å²) in [5.41, 5.74) is 1.26. The molecular formula is C21H35FN4O. The van der Waals surface area contributed by atoms with Crippen LogP contribution in [0.3, 0.4) is 0 Å². The number of nitrogens with one attached hydrogen (secondary N) is 2. The van der Waals surface area contributed by atoms with Crippen LogP contribution in [-0.2, 0) is 4.74 Å². The lowest BCUT2D eigenvalue weighted by Crippen LogP contribution is -2.45. The number of aliphatic imine (C=N–C) groups is 1. The Hall–Kier alpha value is -1.66. The fourth-order valence-corrected chi connectivity index (χ4v) is 3.96. The van der Waals surface area contributed by atoms with Crippen LogP contribution < -0.4 is 10.6 Å². The molecule has 5 nitrogen and oxygen atoms in total. The van der Waals surface area contributed by atoms with Crippen LogP contribution in [0.1, 0.15) is 43.7 Å². The molecule has 1 aromatic rings. The van der Waals surface area contributed by atoms with Gasteiger partial charge in [0.1, 0.15) is 5.82 Å². The van der Waals surface area contributed by atoms with Gasteiger partial charge in [0.2, 0.25) is 0 Å². The van der Waals surface area contributed by atoms with Crippen LogP contribution >= 0.6 is 0 Å². The number of methoxy groups -OCH3 is 1. The van der Waals surface area contributed by atoms with Crippen LogP contribution in [0.15, 0.2) is 29.3 Å². The molecule has 0 aromatic heterocycles. The van der Waals surface area contributed by atoms with Gasteiger partial charge in [-0.15, -0.1) is 0 Å². The van der Waals surface area contributed by atoms with Crippen LogP contribution in [0.5, 0.6) is 0 Å². The van der Waals surface area contributed by atoms with E-state index in [2.05, 4.69) is 20.5 Å². The zero-order valence-electron chi connectivity index (χ0n) is 17.2. The first-order valence-corrected chi connectivity index (χ1v) is 9.85. The molecule has 27 heavy (non-hydrogen) atoms. The van der Waals surface area contributed by atoms with E-state index < -0.39 is 0 Å². The van der Waals surface area contributed by atoms with E-state index in [4.69, 9.17) is 4.74 Å². The fourth-order valence-electron chi connectivity index (χ4n) is 3.96. The number of nitrogens with zero attached hydrogens (tertiary/aromatic N) is 2. The van der Waals surface area contributed by atoms with Crippen LogP contribution in [0.25, 0.3) is 0 Å². The van der Waals surface area contributed by atoms with Crippen molar-refractivity contribution in [2.24, 2.45) is 10.4 Å². The molecule has 0 bridgehead atoms. The smallest absolute Gasteiger partial charge is 0.191 e. The van der Waals surface area contributed by atoms with Crippen molar-refractivity contribution in [3.8, 4) is 0 Å². The Morgan fingerprint density at radius 1 is 1.30 bits per heavy atom. The van der Waals surface area contributed by atoms with Gasteiger partial charge in [0.25, 0.3) is 0 Å². The number of benzene rings is 1. The van der Waals surface area contributed by atoms with E-state index >= 15 is 0 Å². The molecule has 152 valence electrons. The lowest BCUT2D eigenvalue weighted by Gasteiger charge is -2.31. The standard InChI is InChI=1S/C21H35FN4O/c1-23-20(25-16-21(12-13-27-4)10-5-6-11-21)24-15-19(26(2)3)17-8-7-9-18(22)14-17/h7-9,14,19H,5-6,10-13,15-16H2,1-4H3,(H2,23,24,25). The predicted molar refractivity (Wildman–Crippen MR) is 110 cm³/mol. The second-order valence-corrected chi connectivity index (χ2v) is 7.79. The predicted octanol–water partition coefficient (Wildman–Crippen LogP) is 3.19. The summed E-state index contributed by atoms with van der Waals surface area (Å²) < 4.78 is 18.9. The average Bonchev–Trinajstić information content (AvgIpc) is 3.12. The normalized spacial score (nSPS) is 17.9. The molecule has 2 rings (SSSR count). The maximum atomic E-state index is 13.6. The molecular weight excluding hydrogens is 343 g/mol. The molecule has 0 radical (unpaired) electrons. The van der Waals surface area contributed by atoms with Gasteiger partial charge in [-0.3, -0.25) is 4.99 Å². The van der Waals surface area contributed by atoms with E-state index in [0.29, 0.717) is 12.0 Å². The Morgan fingerprint density at radius 3 is 2.63 bits per heavy atom. The van der Waals surface area contributed by atoms with Crippen LogP contribution in [0, 0.1) is 11.2 Å². The quantitative estimate of drug-likeness (QED) is 0.512. The van der Waals surface area contributed by atoms with Gasteiger partial charge in [-0.05, 0) is 56.5 Å². The highest BCUT2D eigenvalue weighted by atomic mass is 19.1. The second kappa shape index (κ2) is 10.6. The lowest BCUT2D eigenvalue weighted by molar-refractivity contribution is 0.138. The number of likely N-dealkylation sites (N-methyl/N-ethyl adjacent to an activating group) is 1. The van der Waals surface area contributed by atoms with Crippen molar-refractivity contribution >= 4 is 5.96 Å². The van der Waals surface area contributed by atoms with E-state index in [1.54, 1.807) is 26.3 Å². The van der Waals surface area contributed by atoms with E-state index in [1.165, 1.54) is 31.7 Å². The summed E-state index contributed by atoms with van der Waals surface area (Å²) in [5.74, 6) is 0.588. The van der Waals surface area contributed by atoms with Gasteiger partial charge < -0.3 is 20.3 Å². The molecule has 0 saturated heterocycles. The van der Waals surface area contributed by atoms with Crippen LogP contribution in [0.2, 0.25) is 0 Å². The Kier molecular flexibility index (Phi) is 8.51. The number of hydrogen-bond acceptors (Lipinski definition) is 3. The second-order valence-electron chi connectivity index (χ2n) is 7.79. The summed E-state index contributed by atoms with van der Waals surface area (Å²) in [6.07, 6.45) is 6.14. The summed E-state index contributed by atoms with van der Waals surface area (Å²) in [5, 5.41) is 6.92. The Bertz CT molecular complexity index is 600. The zero-order chi connectivity index (χ0) is 19.7. The molecule has 1 aliphatic rings. The Morgan fingerprint density at radius 2 is 2.04 bits per heavy atom. The molecule has 6 heteroatoms. The molecule has 0 heterocycles. The summed E-state index contributed by atoms with van der Waals surface area (Å²) in [6, 6.07) is 6.86. The number of hydrogen-bond donors (Lipinski definition) is 2. The zero-order valence-corrected chi connectivity index (χ0v) is 17.2.